The minimum absolute atomic E-state index is 0.171. The minimum Gasteiger partial charge on any atom is -0.480 e. The van der Waals surface area contributed by atoms with Gasteiger partial charge in [0, 0.05) is 11.4 Å². The Morgan fingerprint density at radius 2 is 2.12 bits per heavy atom. The van der Waals surface area contributed by atoms with Crippen molar-refractivity contribution in [3.8, 4) is 0 Å². The lowest BCUT2D eigenvalue weighted by atomic mass is 10.1. The molecule has 0 radical (unpaired) electrons. The number of carboxylic acids is 1. The number of allylic oxidation sites excluding steroid dienone is 2. The fraction of sp³-hybridized carbons (Fsp3) is 0.294. The van der Waals surface area contributed by atoms with E-state index in [4.69, 9.17) is 0 Å². The molecule has 0 fully saturated rings. The summed E-state index contributed by atoms with van der Waals surface area (Å²) in [5.41, 5.74) is 3.25. The quantitative estimate of drug-likeness (QED) is 0.895. The van der Waals surface area contributed by atoms with Crippen LogP contribution in [0.25, 0.3) is 0 Å². The molecule has 1 aliphatic carbocycles. The minimum atomic E-state index is -0.942. The van der Waals surface area contributed by atoms with Crippen molar-refractivity contribution in [2.45, 2.75) is 25.0 Å². The van der Waals surface area contributed by atoms with E-state index in [1.165, 1.54) is 17.8 Å². The van der Waals surface area contributed by atoms with Gasteiger partial charge in [0.05, 0.1) is 5.70 Å². The summed E-state index contributed by atoms with van der Waals surface area (Å²) >= 11 is 1.30. The second-order valence-corrected chi connectivity index (χ2v) is 6.58. The Hall–Kier alpha value is -2.15. The van der Waals surface area contributed by atoms with Gasteiger partial charge < -0.3 is 10.0 Å². The maximum absolute atomic E-state index is 13.3. The van der Waals surface area contributed by atoms with Gasteiger partial charge in [-0.15, -0.1) is 0 Å². The number of hydrogen-bond acceptors (Lipinski definition) is 4. The normalized spacial score (nSPS) is 17.2. The van der Waals surface area contributed by atoms with Crippen LogP contribution in [0.2, 0.25) is 0 Å². The highest BCUT2D eigenvalue weighted by Gasteiger charge is 2.30. The topological polar surface area (TPSA) is 52.9 Å². The summed E-state index contributed by atoms with van der Waals surface area (Å²) in [5.74, 6) is -2.36. The molecule has 0 amide bonds. The standard InChI is InChI=1S/C17H16F2N2O2S/c1-10-12-3-2-4-15(12)21(8-16(22)23)17(20-10)24-9-11-5-6-13(18)14(19)7-11/h5-7H,1-4,8-9H2,(H,22,23). The largest absolute Gasteiger partial charge is 0.480 e. The van der Waals surface area contributed by atoms with Crippen molar-refractivity contribution in [2.24, 2.45) is 4.99 Å². The number of carbonyl (C=O) groups is 1. The summed E-state index contributed by atoms with van der Waals surface area (Å²) in [6.07, 6.45) is 2.61. The zero-order chi connectivity index (χ0) is 17.3. The summed E-state index contributed by atoms with van der Waals surface area (Å²) in [6.45, 7) is 3.79. The van der Waals surface area contributed by atoms with Gasteiger partial charge in [-0.25, -0.2) is 13.8 Å². The van der Waals surface area contributed by atoms with Crippen molar-refractivity contribution in [3.63, 3.8) is 0 Å². The van der Waals surface area contributed by atoms with Crippen LogP contribution < -0.4 is 0 Å². The molecule has 4 nitrogen and oxygen atoms in total. The van der Waals surface area contributed by atoms with Gasteiger partial charge in [0.1, 0.15) is 6.54 Å². The smallest absolute Gasteiger partial charge is 0.323 e. The first-order chi connectivity index (χ1) is 11.5. The third kappa shape index (κ3) is 3.36. The molecule has 126 valence electrons. The Bertz CT molecular complexity index is 774. The monoisotopic (exact) mass is 350 g/mol. The van der Waals surface area contributed by atoms with Crippen LogP contribution in [-0.4, -0.2) is 27.7 Å². The fourth-order valence-electron chi connectivity index (χ4n) is 2.88. The first kappa shape index (κ1) is 16.7. The number of aliphatic imine (C=N–C) groups is 1. The van der Waals surface area contributed by atoms with Crippen LogP contribution in [0.1, 0.15) is 24.8 Å². The Balaban J connectivity index is 1.79. The number of thioether (sulfide) groups is 1. The van der Waals surface area contributed by atoms with Crippen LogP contribution in [0.3, 0.4) is 0 Å². The van der Waals surface area contributed by atoms with Gasteiger partial charge in [-0.2, -0.15) is 0 Å². The SMILES string of the molecule is C=C1N=C(SCc2ccc(F)c(F)c2)N(CC(=O)O)C2=C1CCC2. The molecule has 0 saturated heterocycles. The zero-order valence-corrected chi connectivity index (χ0v) is 13.7. The molecule has 0 aromatic heterocycles. The van der Waals surface area contributed by atoms with Crippen molar-refractivity contribution < 1.29 is 18.7 Å². The lowest BCUT2D eigenvalue weighted by Gasteiger charge is -2.30. The van der Waals surface area contributed by atoms with Crippen molar-refractivity contribution >= 4 is 22.9 Å². The van der Waals surface area contributed by atoms with E-state index < -0.39 is 17.6 Å². The van der Waals surface area contributed by atoms with Gasteiger partial charge in [0.2, 0.25) is 0 Å². The summed E-state index contributed by atoms with van der Waals surface area (Å²) in [6, 6.07) is 3.73. The van der Waals surface area contributed by atoms with Gasteiger partial charge in [-0.1, -0.05) is 24.4 Å². The molecule has 2 aliphatic rings. The van der Waals surface area contributed by atoms with Gasteiger partial charge >= 0.3 is 5.97 Å². The zero-order valence-electron chi connectivity index (χ0n) is 12.9. The predicted octanol–water partition coefficient (Wildman–Crippen LogP) is 3.91. The molecule has 24 heavy (non-hydrogen) atoms. The van der Waals surface area contributed by atoms with Gasteiger partial charge in [0.25, 0.3) is 0 Å². The van der Waals surface area contributed by atoms with Crippen molar-refractivity contribution in [1.29, 1.82) is 0 Å². The number of hydrogen-bond donors (Lipinski definition) is 1. The van der Waals surface area contributed by atoms with E-state index in [9.17, 15) is 18.7 Å². The second-order valence-electron chi connectivity index (χ2n) is 5.64. The molecular weight excluding hydrogens is 334 g/mol. The maximum atomic E-state index is 13.3. The van der Waals surface area contributed by atoms with E-state index in [2.05, 4.69) is 11.6 Å². The first-order valence-corrected chi connectivity index (χ1v) is 8.50. The molecule has 1 heterocycles. The molecule has 1 aromatic rings. The van der Waals surface area contributed by atoms with Crippen LogP contribution >= 0.6 is 11.8 Å². The maximum Gasteiger partial charge on any atom is 0.323 e. The highest BCUT2D eigenvalue weighted by Crippen LogP contribution is 2.39. The van der Waals surface area contributed by atoms with E-state index in [1.807, 2.05) is 0 Å². The van der Waals surface area contributed by atoms with Crippen LogP contribution in [0.15, 0.2) is 46.7 Å². The van der Waals surface area contributed by atoms with Crippen LogP contribution in [0, 0.1) is 11.6 Å². The highest BCUT2D eigenvalue weighted by atomic mass is 32.2. The van der Waals surface area contributed by atoms with Crippen LogP contribution in [0.4, 0.5) is 8.78 Å². The number of benzene rings is 1. The number of nitrogens with zero attached hydrogens (tertiary/aromatic N) is 2. The average molecular weight is 350 g/mol. The summed E-state index contributed by atoms with van der Waals surface area (Å²) in [5, 5.41) is 9.71. The molecule has 3 rings (SSSR count). The first-order valence-electron chi connectivity index (χ1n) is 7.51. The Kier molecular flexibility index (Phi) is 4.71. The van der Waals surface area contributed by atoms with E-state index in [1.54, 1.807) is 4.90 Å². The molecular formula is C17H16F2N2O2S. The van der Waals surface area contributed by atoms with Gasteiger partial charge in [-0.3, -0.25) is 4.79 Å². The summed E-state index contributed by atoms with van der Waals surface area (Å²) < 4.78 is 26.3. The second kappa shape index (κ2) is 6.76. The van der Waals surface area contributed by atoms with Crippen molar-refractivity contribution in [1.82, 2.24) is 4.90 Å². The van der Waals surface area contributed by atoms with Crippen molar-refractivity contribution in [3.05, 3.63) is 58.9 Å². The molecule has 1 aliphatic heterocycles. The van der Waals surface area contributed by atoms with E-state index in [0.717, 1.165) is 42.7 Å². The number of rotatable bonds is 4. The Morgan fingerprint density at radius 1 is 1.33 bits per heavy atom. The van der Waals surface area contributed by atoms with Crippen LogP contribution in [-0.2, 0) is 10.5 Å². The Morgan fingerprint density at radius 3 is 2.83 bits per heavy atom. The molecule has 1 aromatic carbocycles. The van der Waals surface area contributed by atoms with E-state index in [-0.39, 0.29) is 6.54 Å². The lowest BCUT2D eigenvalue weighted by Crippen LogP contribution is -2.35. The van der Waals surface area contributed by atoms with E-state index >= 15 is 0 Å². The number of aliphatic carboxylic acids is 1. The molecule has 0 saturated carbocycles. The molecule has 0 bridgehead atoms. The number of carboxylic acid groups (broad SMARTS) is 1. The fourth-order valence-corrected chi connectivity index (χ4v) is 3.86. The molecule has 0 atom stereocenters. The third-order valence-electron chi connectivity index (χ3n) is 3.97. The highest BCUT2D eigenvalue weighted by molar-refractivity contribution is 8.13. The number of amidine groups is 1. The van der Waals surface area contributed by atoms with Gasteiger partial charge in [0.15, 0.2) is 16.8 Å². The number of halogens is 2. The molecule has 7 heteroatoms. The molecule has 1 N–H and O–H groups in total. The Labute approximate surface area is 142 Å². The van der Waals surface area contributed by atoms with Crippen molar-refractivity contribution in [2.75, 3.05) is 6.54 Å². The van der Waals surface area contributed by atoms with Crippen LogP contribution in [0.5, 0.6) is 0 Å². The molecule has 0 spiro atoms. The third-order valence-corrected chi connectivity index (χ3v) is 5.02. The van der Waals surface area contributed by atoms with E-state index in [0.29, 0.717) is 22.2 Å². The average Bonchev–Trinajstić information content (AvgIpc) is 3.01. The predicted molar refractivity (Wildman–Crippen MR) is 89.4 cm³/mol. The van der Waals surface area contributed by atoms with Gasteiger partial charge in [-0.05, 0) is 42.5 Å². The summed E-state index contributed by atoms with van der Waals surface area (Å²) in [4.78, 5) is 17.3. The lowest BCUT2D eigenvalue weighted by molar-refractivity contribution is -0.137. The molecule has 0 unspecified atom stereocenters. The summed E-state index contributed by atoms with van der Waals surface area (Å²) in [7, 11) is 0.